The lowest BCUT2D eigenvalue weighted by Gasteiger charge is -2.28. The van der Waals surface area contributed by atoms with Crippen molar-refractivity contribution in [2.45, 2.75) is 24.6 Å². The molecule has 0 N–H and O–H groups in total. The molecule has 2 rings (SSSR count). The van der Waals surface area contributed by atoms with Crippen molar-refractivity contribution in [1.82, 2.24) is 4.31 Å². The monoisotopic (exact) mass is 280 g/mol. The normalized spacial score (nSPS) is 17.9. The maximum atomic E-state index is 12.2. The predicted molar refractivity (Wildman–Crippen MR) is 71.8 cm³/mol. The first-order chi connectivity index (χ1) is 9.12. The van der Waals surface area contributed by atoms with E-state index in [9.17, 15) is 13.2 Å². The highest BCUT2D eigenvalue weighted by Crippen LogP contribution is 2.19. The van der Waals surface area contributed by atoms with E-state index in [0.29, 0.717) is 25.9 Å². The van der Waals surface area contributed by atoms with Crippen LogP contribution in [0.15, 0.2) is 35.3 Å². The molecule has 0 bridgehead atoms. The van der Waals surface area contributed by atoms with Crippen LogP contribution in [0.3, 0.4) is 0 Å². The number of benzene rings is 1. The Morgan fingerprint density at radius 2 is 1.84 bits per heavy atom. The third-order valence-corrected chi connectivity index (χ3v) is 5.09. The first kappa shape index (κ1) is 13.9. The van der Waals surface area contributed by atoms with Crippen LogP contribution in [-0.2, 0) is 20.6 Å². The number of nitrogens with zero attached hydrogens (tertiary/aromatic N) is 2. The molecule has 6 heteroatoms. The lowest BCUT2D eigenvalue weighted by molar-refractivity contribution is 0.320. The summed E-state index contributed by atoms with van der Waals surface area (Å²) in [4.78, 5) is 13.8. The molecule has 19 heavy (non-hydrogen) atoms. The zero-order valence-electron chi connectivity index (χ0n) is 10.5. The molecular weight excluding hydrogens is 264 g/mol. The molecule has 1 aliphatic heterocycles. The van der Waals surface area contributed by atoms with E-state index in [1.54, 1.807) is 12.1 Å². The van der Waals surface area contributed by atoms with Crippen molar-refractivity contribution in [3.63, 3.8) is 0 Å². The second-order valence-corrected chi connectivity index (χ2v) is 6.56. The summed E-state index contributed by atoms with van der Waals surface area (Å²) in [5.74, 6) is 0.0233. The number of rotatable bonds is 4. The Morgan fingerprint density at radius 1 is 1.21 bits per heavy atom. The quantitative estimate of drug-likeness (QED) is 0.617. The van der Waals surface area contributed by atoms with E-state index in [0.717, 1.165) is 5.56 Å². The first-order valence-corrected chi connectivity index (χ1v) is 7.81. The lowest BCUT2D eigenvalue weighted by atomic mass is 10.1. The van der Waals surface area contributed by atoms with E-state index in [1.165, 1.54) is 10.4 Å². The highest BCUT2D eigenvalue weighted by atomic mass is 32.2. The van der Waals surface area contributed by atoms with Crippen molar-refractivity contribution in [2.75, 3.05) is 13.1 Å². The zero-order valence-corrected chi connectivity index (χ0v) is 11.3. The molecule has 0 aromatic heterocycles. The van der Waals surface area contributed by atoms with Gasteiger partial charge in [-0.1, -0.05) is 30.3 Å². The van der Waals surface area contributed by atoms with Gasteiger partial charge in [0, 0.05) is 13.1 Å². The summed E-state index contributed by atoms with van der Waals surface area (Å²) in [6.45, 7) is 0.843. The topological polar surface area (TPSA) is 66.8 Å². The first-order valence-electron chi connectivity index (χ1n) is 6.20. The third kappa shape index (κ3) is 3.73. The van der Waals surface area contributed by atoms with Gasteiger partial charge in [0.25, 0.3) is 0 Å². The average Bonchev–Trinajstić information content (AvgIpc) is 2.40. The van der Waals surface area contributed by atoms with Crippen molar-refractivity contribution in [1.29, 1.82) is 0 Å². The fourth-order valence-corrected chi connectivity index (χ4v) is 3.76. The van der Waals surface area contributed by atoms with Gasteiger partial charge in [0.15, 0.2) is 0 Å². The number of sulfonamides is 1. The molecule has 0 unspecified atom stereocenters. The van der Waals surface area contributed by atoms with Crippen LogP contribution in [0.1, 0.15) is 18.4 Å². The van der Waals surface area contributed by atoms with Crippen molar-refractivity contribution < 1.29 is 13.2 Å². The summed E-state index contributed by atoms with van der Waals surface area (Å²) in [7, 11) is -3.28. The summed E-state index contributed by atoms with van der Waals surface area (Å²) in [5.41, 5.74) is 0.788. The highest BCUT2D eigenvalue weighted by Gasteiger charge is 2.27. The molecule has 1 aromatic carbocycles. The zero-order chi connectivity index (χ0) is 13.7. The average molecular weight is 280 g/mol. The fourth-order valence-electron chi connectivity index (χ4n) is 2.20. The van der Waals surface area contributed by atoms with Crippen molar-refractivity contribution in [3.8, 4) is 0 Å². The van der Waals surface area contributed by atoms with Crippen LogP contribution in [0.25, 0.3) is 0 Å². The Hall–Kier alpha value is -1.49. The largest absolute Gasteiger partial charge is 0.235 e. The molecule has 0 amide bonds. The third-order valence-electron chi connectivity index (χ3n) is 3.24. The van der Waals surface area contributed by atoms with Crippen LogP contribution in [0.2, 0.25) is 0 Å². The van der Waals surface area contributed by atoms with Gasteiger partial charge in [0.1, 0.15) is 0 Å². The molecule has 0 radical (unpaired) electrons. The summed E-state index contributed by atoms with van der Waals surface area (Å²) in [5, 5.41) is 0. The van der Waals surface area contributed by atoms with E-state index in [2.05, 4.69) is 4.99 Å². The van der Waals surface area contributed by atoms with Crippen LogP contribution in [0, 0.1) is 0 Å². The van der Waals surface area contributed by atoms with Gasteiger partial charge in [-0.3, -0.25) is 0 Å². The van der Waals surface area contributed by atoms with Crippen LogP contribution in [-0.4, -0.2) is 37.9 Å². The van der Waals surface area contributed by atoms with Gasteiger partial charge in [-0.15, -0.1) is 0 Å². The number of carbonyl (C=O) groups excluding carboxylic acids is 1. The molecule has 1 aliphatic rings. The minimum absolute atomic E-state index is 0.0233. The fraction of sp³-hybridized carbons (Fsp3) is 0.462. The standard InChI is InChI=1S/C13H16N2O3S/c16-11-14-13-6-8-15(9-7-13)19(17,18)10-12-4-2-1-3-5-12/h1-5,13H,6-10H2. The van der Waals surface area contributed by atoms with Gasteiger partial charge in [0.2, 0.25) is 16.1 Å². The Balaban J connectivity index is 2.00. The van der Waals surface area contributed by atoms with Gasteiger partial charge in [-0.25, -0.2) is 22.5 Å². The van der Waals surface area contributed by atoms with Gasteiger partial charge in [0.05, 0.1) is 11.8 Å². The maximum Gasteiger partial charge on any atom is 0.235 e. The van der Waals surface area contributed by atoms with Gasteiger partial charge < -0.3 is 0 Å². The Labute approximate surface area is 113 Å². The summed E-state index contributed by atoms with van der Waals surface area (Å²) >= 11 is 0. The minimum atomic E-state index is -3.28. The number of hydrogen-bond acceptors (Lipinski definition) is 4. The maximum absolute atomic E-state index is 12.2. The molecule has 0 atom stereocenters. The molecule has 0 spiro atoms. The second kappa shape index (κ2) is 6.10. The van der Waals surface area contributed by atoms with Crippen molar-refractivity contribution in [2.24, 2.45) is 4.99 Å². The number of hydrogen-bond donors (Lipinski definition) is 0. The van der Waals surface area contributed by atoms with E-state index >= 15 is 0 Å². The smallest absolute Gasteiger partial charge is 0.212 e. The van der Waals surface area contributed by atoms with Crippen LogP contribution >= 0.6 is 0 Å². The summed E-state index contributed by atoms with van der Waals surface area (Å²) in [6.07, 6.45) is 2.71. The molecule has 1 heterocycles. The van der Waals surface area contributed by atoms with Gasteiger partial charge in [-0.2, -0.15) is 0 Å². The molecule has 1 fully saturated rings. The molecule has 5 nitrogen and oxygen atoms in total. The SMILES string of the molecule is O=C=NC1CCN(S(=O)(=O)Cc2ccccc2)CC1. The second-order valence-electron chi connectivity index (χ2n) is 4.59. The summed E-state index contributed by atoms with van der Waals surface area (Å²) in [6, 6.07) is 9.05. The van der Waals surface area contributed by atoms with Gasteiger partial charge in [-0.05, 0) is 18.4 Å². The lowest BCUT2D eigenvalue weighted by Crippen LogP contribution is -2.40. The Morgan fingerprint density at radius 3 is 2.42 bits per heavy atom. The summed E-state index contributed by atoms with van der Waals surface area (Å²) < 4.78 is 26.0. The number of aliphatic imine (C=N–C) groups is 1. The van der Waals surface area contributed by atoms with Crippen molar-refractivity contribution in [3.05, 3.63) is 35.9 Å². The molecular formula is C13H16N2O3S. The molecule has 0 saturated carbocycles. The minimum Gasteiger partial charge on any atom is -0.212 e. The highest BCUT2D eigenvalue weighted by molar-refractivity contribution is 7.88. The molecule has 0 aliphatic carbocycles. The van der Waals surface area contributed by atoms with E-state index in [4.69, 9.17) is 0 Å². The van der Waals surface area contributed by atoms with E-state index < -0.39 is 10.0 Å². The number of isocyanates is 1. The van der Waals surface area contributed by atoms with Crippen LogP contribution < -0.4 is 0 Å². The Bertz CT molecular complexity index is 557. The van der Waals surface area contributed by atoms with Crippen LogP contribution in [0.4, 0.5) is 0 Å². The van der Waals surface area contributed by atoms with Crippen LogP contribution in [0.5, 0.6) is 0 Å². The molecule has 1 saturated heterocycles. The number of piperidine rings is 1. The molecule has 1 aromatic rings. The van der Waals surface area contributed by atoms with Crippen molar-refractivity contribution >= 4 is 16.1 Å². The van der Waals surface area contributed by atoms with Gasteiger partial charge >= 0.3 is 0 Å². The predicted octanol–water partition coefficient (Wildman–Crippen LogP) is 1.32. The Kier molecular flexibility index (Phi) is 4.47. The van der Waals surface area contributed by atoms with E-state index in [1.807, 2.05) is 18.2 Å². The molecule has 102 valence electrons. The van der Waals surface area contributed by atoms with E-state index in [-0.39, 0.29) is 11.8 Å².